The van der Waals surface area contributed by atoms with E-state index in [0.717, 1.165) is 31.6 Å². The summed E-state index contributed by atoms with van der Waals surface area (Å²) in [5, 5.41) is 6.09. The van der Waals surface area contributed by atoms with Crippen LogP contribution in [0.3, 0.4) is 0 Å². The van der Waals surface area contributed by atoms with Gasteiger partial charge in [0.1, 0.15) is 5.69 Å². The molecule has 0 aromatic carbocycles. The van der Waals surface area contributed by atoms with Gasteiger partial charge in [-0.25, -0.2) is 9.97 Å². The number of nitrogens with one attached hydrogen (secondary N) is 2. The number of aromatic nitrogens is 2. The molecule has 1 amide bonds. The molecule has 1 rings (SSSR count). The summed E-state index contributed by atoms with van der Waals surface area (Å²) in [6.45, 7) is 6.48. The van der Waals surface area contributed by atoms with Crippen molar-refractivity contribution >= 4 is 11.9 Å². The predicted octanol–water partition coefficient (Wildman–Crippen LogP) is 2.07. The first kappa shape index (κ1) is 18.4. The van der Waals surface area contributed by atoms with Crippen LogP contribution in [0.2, 0.25) is 0 Å². The Morgan fingerprint density at radius 3 is 2.64 bits per heavy atom. The first-order valence-corrected chi connectivity index (χ1v) is 8.05. The fraction of sp³-hybridized carbons (Fsp3) is 0.688. The number of carbonyl (C=O) groups excluding carboxylic acids is 1. The quantitative estimate of drug-likeness (QED) is 0.648. The molecule has 0 saturated heterocycles. The SMILES string of the molecule is CCCCCNc1nc(C)cc(C(=O)NCCCN(C)C)n1. The lowest BCUT2D eigenvalue weighted by Gasteiger charge is -2.10. The van der Waals surface area contributed by atoms with Gasteiger partial charge in [-0.05, 0) is 46.5 Å². The van der Waals surface area contributed by atoms with E-state index in [-0.39, 0.29) is 5.91 Å². The van der Waals surface area contributed by atoms with Gasteiger partial charge in [-0.2, -0.15) is 0 Å². The van der Waals surface area contributed by atoms with Gasteiger partial charge in [0.2, 0.25) is 5.95 Å². The van der Waals surface area contributed by atoms with Gasteiger partial charge in [0.15, 0.2) is 0 Å². The largest absolute Gasteiger partial charge is 0.354 e. The third kappa shape index (κ3) is 7.36. The van der Waals surface area contributed by atoms with E-state index in [0.29, 0.717) is 18.2 Å². The number of nitrogens with zero attached hydrogens (tertiary/aromatic N) is 3. The fourth-order valence-corrected chi connectivity index (χ4v) is 2.03. The molecule has 1 aromatic rings. The highest BCUT2D eigenvalue weighted by Crippen LogP contribution is 2.06. The van der Waals surface area contributed by atoms with Gasteiger partial charge >= 0.3 is 0 Å². The molecule has 0 aliphatic carbocycles. The molecule has 1 aromatic heterocycles. The molecule has 6 heteroatoms. The third-order valence-electron chi connectivity index (χ3n) is 3.22. The maximum atomic E-state index is 12.1. The van der Waals surface area contributed by atoms with Gasteiger partial charge in [0.05, 0.1) is 0 Å². The monoisotopic (exact) mass is 307 g/mol. The maximum Gasteiger partial charge on any atom is 0.270 e. The summed E-state index contributed by atoms with van der Waals surface area (Å²) in [5.41, 5.74) is 1.22. The van der Waals surface area contributed by atoms with Gasteiger partial charge in [0, 0.05) is 18.8 Å². The molecule has 2 N–H and O–H groups in total. The highest BCUT2D eigenvalue weighted by Gasteiger charge is 2.10. The second-order valence-corrected chi connectivity index (χ2v) is 5.76. The first-order valence-electron chi connectivity index (χ1n) is 8.05. The third-order valence-corrected chi connectivity index (χ3v) is 3.22. The van der Waals surface area contributed by atoms with Crippen LogP contribution in [0.5, 0.6) is 0 Å². The topological polar surface area (TPSA) is 70.2 Å². The standard InChI is InChI=1S/C16H29N5O/c1-5-6-7-9-18-16-19-13(2)12-14(20-16)15(22)17-10-8-11-21(3)4/h12H,5-11H2,1-4H3,(H,17,22)(H,18,19,20). The van der Waals surface area contributed by atoms with Crippen LogP contribution < -0.4 is 10.6 Å². The van der Waals surface area contributed by atoms with Crippen molar-refractivity contribution in [3.8, 4) is 0 Å². The highest BCUT2D eigenvalue weighted by molar-refractivity contribution is 5.92. The summed E-state index contributed by atoms with van der Waals surface area (Å²) < 4.78 is 0. The van der Waals surface area contributed by atoms with E-state index in [9.17, 15) is 4.79 Å². The minimum Gasteiger partial charge on any atom is -0.354 e. The van der Waals surface area contributed by atoms with Crippen LogP contribution in [0, 0.1) is 6.92 Å². The Kier molecular flexibility index (Phi) is 8.43. The molecule has 0 aliphatic heterocycles. The van der Waals surface area contributed by atoms with Gasteiger partial charge in [-0.15, -0.1) is 0 Å². The van der Waals surface area contributed by atoms with Crippen molar-refractivity contribution < 1.29 is 4.79 Å². The summed E-state index contributed by atoms with van der Waals surface area (Å²) >= 11 is 0. The number of aryl methyl sites for hydroxylation is 1. The molecule has 124 valence electrons. The van der Waals surface area contributed by atoms with Crippen molar-refractivity contribution in [1.82, 2.24) is 20.2 Å². The van der Waals surface area contributed by atoms with E-state index in [1.165, 1.54) is 12.8 Å². The molecule has 0 fully saturated rings. The zero-order valence-corrected chi connectivity index (χ0v) is 14.3. The van der Waals surface area contributed by atoms with Crippen LogP contribution in [0.1, 0.15) is 48.8 Å². The Morgan fingerprint density at radius 2 is 1.95 bits per heavy atom. The van der Waals surface area contributed by atoms with Crippen LogP contribution in [0.15, 0.2) is 6.07 Å². The predicted molar refractivity (Wildman–Crippen MR) is 90.3 cm³/mol. The molecule has 0 aliphatic rings. The number of carbonyl (C=O) groups is 1. The van der Waals surface area contributed by atoms with Crippen molar-refractivity contribution in [2.75, 3.05) is 39.0 Å². The first-order chi connectivity index (χ1) is 10.5. The summed E-state index contributed by atoms with van der Waals surface area (Å²) in [6.07, 6.45) is 4.36. The van der Waals surface area contributed by atoms with Crippen LogP contribution in [-0.4, -0.2) is 54.5 Å². The van der Waals surface area contributed by atoms with Gasteiger partial charge in [-0.3, -0.25) is 4.79 Å². The van der Waals surface area contributed by atoms with Gasteiger partial charge in [0.25, 0.3) is 5.91 Å². The molecular formula is C16H29N5O. The molecule has 22 heavy (non-hydrogen) atoms. The Morgan fingerprint density at radius 1 is 1.18 bits per heavy atom. The lowest BCUT2D eigenvalue weighted by Crippen LogP contribution is -2.28. The van der Waals surface area contributed by atoms with Crippen LogP contribution >= 0.6 is 0 Å². The lowest BCUT2D eigenvalue weighted by molar-refractivity contribution is 0.0947. The van der Waals surface area contributed by atoms with Crippen molar-refractivity contribution in [3.05, 3.63) is 17.5 Å². The molecular weight excluding hydrogens is 278 g/mol. The molecule has 0 atom stereocenters. The second-order valence-electron chi connectivity index (χ2n) is 5.76. The summed E-state index contributed by atoms with van der Waals surface area (Å²) in [5.74, 6) is 0.399. The lowest BCUT2D eigenvalue weighted by atomic mass is 10.2. The smallest absolute Gasteiger partial charge is 0.270 e. The second kappa shape index (κ2) is 10.1. The normalized spacial score (nSPS) is 10.8. The van der Waals surface area contributed by atoms with E-state index in [2.05, 4.69) is 32.4 Å². The van der Waals surface area contributed by atoms with Crippen LogP contribution in [-0.2, 0) is 0 Å². The molecule has 1 heterocycles. The summed E-state index contributed by atoms with van der Waals surface area (Å²) in [7, 11) is 4.04. The molecule has 6 nitrogen and oxygen atoms in total. The zero-order chi connectivity index (χ0) is 16.4. The minimum absolute atomic E-state index is 0.138. The molecule has 0 unspecified atom stereocenters. The number of unbranched alkanes of at least 4 members (excludes halogenated alkanes) is 2. The minimum atomic E-state index is -0.138. The molecule has 0 saturated carbocycles. The average Bonchev–Trinajstić information content (AvgIpc) is 2.47. The van der Waals surface area contributed by atoms with Crippen molar-refractivity contribution in [2.45, 2.75) is 39.5 Å². The van der Waals surface area contributed by atoms with Crippen molar-refractivity contribution in [3.63, 3.8) is 0 Å². The number of hydrogen-bond donors (Lipinski definition) is 2. The number of rotatable bonds is 10. The fourth-order valence-electron chi connectivity index (χ4n) is 2.03. The average molecular weight is 307 g/mol. The molecule has 0 bridgehead atoms. The Bertz CT molecular complexity index is 462. The molecule has 0 spiro atoms. The summed E-state index contributed by atoms with van der Waals surface area (Å²) in [6, 6.07) is 1.72. The highest BCUT2D eigenvalue weighted by atomic mass is 16.1. The van der Waals surface area contributed by atoms with E-state index in [4.69, 9.17) is 0 Å². The number of amides is 1. The van der Waals surface area contributed by atoms with Gasteiger partial charge in [-0.1, -0.05) is 19.8 Å². The van der Waals surface area contributed by atoms with Gasteiger partial charge < -0.3 is 15.5 Å². The van der Waals surface area contributed by atoms with Crippen LogP contribution in [0.25, 0.3) is 0 Å². The Labute approximate surface area is 133 Å². The maximum absolute atomic E-state index is 12.1. The zero-order valence-electron chi connectivity index (χ0n) is 14.3. The Balaban J connectivity index is 2.50. The van der Waals surface area contributed by atoms with Crippen molar-refractivity contribution in [1.29, 1.82) is 0 Å². The van der Waals surface area contributed by atoms with E-state index >= 15 is 0 Å². The van der Waals surface area contributed by atoms with Crippen LogP contribution in [0.4, 0.5) is 5.95 Å². The van der Waals surface area contributed by atoms with E-state index < -0.39 is 0 Å². The number of hydrogen-bond acceptors (Lipinski definition) is 5. The van der Waals surface area contributed by atoms with E-state index in [1.54, 1.807) is 6.07 Å². The molecule has 0 radical (unpaired) electrons. The Hall–Kier alpha value is -1.69. The van der Waals surface area contributed by atoms with Crippen molar-refractivity contribution in [2.24, 2.45) is 0 Å². The number of anilines is 1. The van der Waals surface area contributed by atoms with E-state index in [1.807, 2.05) is 21.0 Å². The summed E-state index contributed by atoms with van der Waals surface area (Å²) in [4.78, 5) is 22.8.